The highest BCUT2D eigenvalue weighted by Gasteiger charge is 2.18. The van der Waals surface area contributed by atoms with Crippen LogP contribution in [-0.2, 0) is 14.3 Å². The second kappa shape index (κ2) is 68.6. The van der Waals surface area contributed by atoms with Crippen molar-refractivity contribution in [2.24, 2.45) is 0 Å². The second-order valence-electron chi connectivity index (χ2n) is 24.6. The van der Waals surface area contributed by atoms with Crippen molar-refractivity contribution in [2.75, 3.05) is 13.2 Å². The maximum Gasteiger partial charge on any atom is 0.305 e. The van der Waals surface area contributed by atoms with Gasteiger partial charge in [-0.1, -0.05) is 352 Å². The number of aliphatic hydroxyl groups is 2. The largest absolute Gasteiger partial charge is 0.466 e. The van der Waals surface area contributed by atoms with E-state index in [1.54, 1.807) is 6.08 Å². The van der Waals surface area contributed by atoms with Crippen LogP contribution in [0.15, 0.2) is 36.5 Å². The van der Waals surface area contributed by atoms with E-state index in [-0.39, 0.29) is 18.5 Å². The number of hydrogen-bond acceptors (Lipinski definition) is 5. The first-order valence-electron chi connectivity index (χ1n) is 35.8. The lowest BCUT2D eigenvalue weighted by molar-refractivity contribution is -0.143. The number of rotatable bonds is 67. The Hall–Kier alpha value is -1.92. The number of ether oxygens (including phenoxy) is 1. The molecule has 2 atom stereocenters. The van der Waals surface area contributed by atoms with Gasteiger partial charge in [0, 0.05) is 12.8 Å². The molecule has 0 radical (unpaired) electrons. The summed E-state index contributed by atoms with van der Waals surface area (Å²) in [5.74, 6) is -0.0590. The van der Waals surface area contributed by atoms with E-state index >= 15 is 0 Å². The molecule has 0 fully saturated rings. The van der Waals surface area contributed by atoms with Gasteiger partial charge in [-0.15, -0.1) is 0 Å². The van der Waals surface area contributed by atoms with Crippen LogP contribution in [0.3, 0.4) is 0 Å². The van der Waals surface area contributed by atoms with Gasteiger partial charge < -0.3 is 20.3 Å². The molecule has 0 aliphatic heterocycles. The summed E-state index contributed by atoms with van der Waals surface area (Å²) in [4.78, 5) is 24.7. The molecule has 0 aromatic rings. The van der Waals surface area contributed by atoms with Crippen molar-refractivity contribution in [1.29, 1.82) is 0 Å². The number of nitrogens with one attached hydrogen (secondary N) is 1. The minimum absolute atomic E-state index is 0.00695. The molecule has 0 heterocycles. The number of allylic oxidation sites excluding steroid dienone is 5. The Morgan fingerprint density at radius 1 is 0.354 bits per heavy atom. The van der Waals surface area contributed by atoms with Crippen LogP contribution in [0.5, 0.6) is 0 Å². The van der Waals surface area contributed by atoms with E-state index in [0.717, 1.165) is 51.4 Å². The van der Waals surface area contributed by atoms with Gasteiger partial charge in [-0.3, -0.25) is 9.59 Å². The van der Waals surface area contributed by atoms with Gasteiger partial charge in [0.15, 0.2) is 0 Å². The molecule has 6 nitrogen and oxygen atoms in total. The molecule has 0 saturated carbocycles. The average Bonchev–Trinajstić information content (AvgIpc) is 3.45. The lowest BCUT2D eigenvalue weighted by atomic mass is 10.0. The third kappa shape index (κ3) is 65.1. The fraction of sp³-hybridized carbons (Fsp3) is 0.890. The summed E-state index contributed by atoms with van der Waals surface area (Å²) in [6.45, 7) is 4.91. The van der Waals surface area contributed by atoms with Gasteiger partial charge in [-0.2, -0.15) is 0 Å². The van der Waals surface area contributed by atoms with Gasteiger partial charge in [-0.25, -0.2) is 0 Å². The lowest BCUT2D eigenvalue weighted by Gasteiger charge is -2.20. The zero-order valence-corrected chi connectivity index (χ0v) is 53.4. The summed E-state index contributed by atoms with van der Waals surface area (Å²) in [6, 6.07) is -0.631. The SMILES string of the molecule is CCCCC/C=C\C/C=C\CCCCCCCCCCCC(=O)OCCCCCCCCCCCCCCCCCCCCCCC(=O)NC(CO)C(O)/C=C/CCCCCCCCCCCCCCCCCCCCCCC. The van der Waals surface area contributed by atoms with Crippen molar-refractivity contribution in [2.45, 2.75) is 405 Å². The molecule has 1 amide bonds. The zero-order chi connectivity index (χ0) is 57.1. The maximum atomic E-state index is 12.5. The topological polar surface area (TPSA) is 95.9 Å². The Balaban J connectivity index is 3.41. The Kier molecular flexibility index (Phi) is 66.9. The first-order valence-corrected chi connectivity index (χ1v) is 35.8. The van der Waals surface area contributed by atoms with Gasteiger partial charge in [0.05, 0.1) is 25.4 Å². The fourth-order valence-electron chi connectivity index (χ4n) is 11.2. The number of amides is 1. The van der Waals surface area contributed by atoms with E-state index in [2.05, 4.69) is 43.5 Å². The summed E-state index contributed by atoms with van der Waals surface area (Å²) >= 11 is 0. The van der Waals surface area contributed by atoms with Crippen molar-refractivity contribution < 1.29 is 24.5 Å². The number of carbonyl (C=O) groups is 2. The Bertz CT molecular complexity index is 1280. The van der Waals surface area contributed by atoms with E-state index in [9.17, 15) is 19.8 Å². The Labute approximate surface area is 494 Å². The van der Waals surface area contributed by atoms with Crippen LogP contribution in [-0.4, -0.2) is 47.4 Å². The van der Waals surface area contributed by atoms with Gasteiger partial charge in [-0.05, 0) is 64.2 Å². The van der Waals surface area contributed by atoms with E-state index < -0.39 is 12.1 Å². The van der Waals surface area contributed by atoms with Gasteiger partial charge in [0.1, 0.15) is 0 Å². The molecule has 2 unspecified atom stereocenters. The summed E-state index contributed by atoms with van der Waals surface area (Å²) in [6.07, 6.45) is 87.9. The van der Waals surface area contributed by atoms with Gasteiger partial charge in [0.2, 0.25) is 5.91 Å². The molecule has 466 valence electrons. The highest BCUT2D eigenvalue weighted by molar-refractivity contribution is 5.76. The second-order valence-corrected chi connectivity index (χ2v) is 24.6. The molecule has 0 aromatic heterocycles. The third-order valence-corrected chi connectivity index (χ3v) is 16.7. The molecule has 0 spiro atoms. The molecule has 79 heavy (non-hydrogen) atoms. The third-order valence-electron chi connectivity index (χ3n) is 16.7. The molecule has 0 aromatic carbocycles. The van der Waals surface area contributed by atoms with Crippen LogP contribution in [0.2, 0.25) is 0 Å². The minimum Gasteiger partial charge on any atom is -0.466 e. The Morgan fingerprint density at radius 3 is 0.987 bits per heavy atom. The number of carbonyl (C=O) groups excluding carboxylic acids is 2. The first kappa shape index (κ1) is 77.1. The average molecular weight is 1110 g/mol. The van der Waals surface area contributed by atoms with Crippen molar-refractivity contribution in [3.05, 3.63) is 36.5 Å². The smallest absolute Gasteiger partial charge is 0.305 e. The predicted molar refractivity (Wildman–Crippen MR) is 347 cm³/mol. The number of aliphatic hydroxyl groups excluding tert-OH is 2. The fourth-order valence-corrected chi connectivity index (χ4v) is 11.2. The molecule has 6 heteroatoms. The molecule has 0 saturated heterocycles. The normalized spacial score (nSPS) is 12.7. The minimum atomic E-state index is -0.848. The van der Waals surface area contributed by atoms with Crippen LogP contribution in [0.25, 0.3) is 0 Å². The van der Waals surface area contributed by atoms with Crippen LogP contribution >= 0.6 is 0 Å². The first-order chi connectivity index (χ1) is 39.0. The molecule has 3 N–H and O–H groups in total. The van der Waals surface area contributed by atoms with Crippen molar-refractivity contribution in [1.82, 2.24) is 5.32 Å². The number of esters is 1. The van der Waals surface area contributed by atoms with Crippen molar-refractivity contribution in [3.63, 3.8) is 0 Å². The van der Waals surface area contributed by atoms with Crippen LogP contribution in [0.1, 0.15) is 393 Å². The quantitative estimate of drug-likeness (QED) is 0.0320. The van der Waals surface area contributed by atoms with Crippen LogP contribution < -0.4 is 5.32 Å². The molecular formula is C73H139NO5. The highest BCUT2D eigenvalue weighted by Crippen LogP contribution is 2.19. The monoisotopic (exact) mass is 1110 g/mol. The molecule has 0 rings (SSSR count). The summed E-state index contributed by atoms with van der Waals surface area (Å²) in [5.41, 5.74) is 0. The zero-order valence-electron chi connectivity index (χ0n) is 53.4. The molecule has 0 aliphatic rings. The summed E-state index contributed by atoms with van der Waals surface area (Å²) < 4.78 is 5.50. The van der Waals surface area contributed by atoms with E-state index in [1.165, 1.54) is 315 Å². The molecule has 0 aliphatic carbocycles. The Morgan fingerprint density at radius 2 is 0.633 bits per heavy atom. The van der Waals surface area contributed by atoms with E-state index in [0.29, 0.717) is 19.4 Å². The predicted octanol–water partition coefficient (Wildman–Crippen LogP) is 23.1. The molecule has 0 bridgehead atoms. The standard InChI is InChI=1S/C73H139NO5/c1-3-5-7-9-11-13-15-17-19-21-23-24-25-26-30-33-37-41-45-49-53-57-61-65-71(76)70(69-75)74-72(77)66-62-58-54-50-46-42-38-34-31-27-28-32-36-40-44-48-52-56-60-64-68-79-73(78)67-63-59-55-51-47-43-39-35-29-22-20-18-16-14-12-10-8-6-4-2/h12,14,18,20,61,65,70-71,75-76H,3-11,13,15-17,19,21-60,62-64,66-69H2,1-2H3,(H,74,77)/b14-12-,20-18-,65-61+. The van der Waals surface area contributed by atoms with Crippen LogP contribution in [0, 0.1) is 0 Å². The van der Waals surface area contributed by atoms with E-state index in [4.69, 9.17) is 4.74 Å². The summed E-state index contributed by atoms with van der Waals surface area (Å²) in [7, 11) is 0. The van der Waals surface area contributed by atoms with Crippen molar-refractivity contribution in [3.8, 4) is 0 Å². The molecular weight excluding hydrogens is 971 g/mol. The van der Waals surface area contributed by atoms with Gasteiger partial charge >= 0.3 is 5.97 Å². The number of unbranched alkanes of at least 4 members (excludes halogenated alkanes) is 52. The van der Waals surface area contributed by atoms with Crippen LogP contribution in [0.4, 0.5) is 0 Å². The van der Waals surface area contributed by atoms with Crippen molar-refractivity contribution >= 4 is 11.9 Å². The highest BCUT2D eigenvalue weighted by atomic mass is 16.5. The summed E-state index contributed by atoms with van der Waals surface area (Å²) in [5, 5.41) is 23.3. The van der Waals surface area contributed by atoms with Gasteiger partial charge in [0.25, 0.3) is 0 Å². The lowest BCUT2D eigenvalue weighted by Crippen LogP contribution is -2.45. The maximum absolute atomic E-state index is 12.5. The number of hydrogen-bond donors (Lipinski definition) is 3. The van der Waals surface area contributed by atoms with E-state index in [1.807, 2.05) is 6.08 Å².